The zero-order valence-corrected chi connectivity index (χ0v) is 13.1. The van der Waals surface area contributed by atoms with Crippen molar-refractivity contribution in [2.45, 2.75) is 18.9 Å². The Morgan fingerprint density at radius 3 is 3.00 bits per heavy atom. The summed E-state index contributed by atoms with van der Waals surface area (Å²) in [6, 6.07) is 4.60. The summed E-state index contributed by atoms with van der Waals surface area (Å²) in [7, 11) is 0. The van der Waals surface area contributed by atoms with Gasteiger partial charge in [0.05, 0.1) is 12.1 Å². The van der Waals surface area contributed by atoms with Crippen LogP contribution >= 0.6 is 11.6 Å². The van der Waals surface area contributed by atoms with Gasteiger partial charge in [-0.1, -0.05) is 11.6 Å². The lowest BCUT2D eigenvalue weighted by atomic mass is 10.1. The van der Waals surface area contributed by atoms with Gasteiger partial charge in [0, 0.05) is 37.3 Å². The third-order valence-electron chi connectivity index (χ3n) is 3.73. The van der Waals surface area contributed by atoms with Crippen molar-refractivity contribution in [2.24, 2.45) is 0 Å². The largest absolute Gasteiger partial charge is 0.487 e. The number of carbonyl (C=O) groups is 1. The molecule has 0 aliphatic carbocycles. The summed E-state index contributed by atoms with van der Waals surface area (Å²) in [5.74, 6) is 0.459. The molecule has 7 heteroatoms. The summed E-state index contributed by atoms with van der Waals surface area (Å²) >= 11 is 6.05. The quantitative estimate of drug-likeness (QED) is 0.933. The van der Waals surface area contributed by atoms with E-state index in [2.05, 4.69) is 9.97 Å². The molecule has 1 saturated heterocycles. The number of piperidine rings is 1. The van der Waals surface area contributed by atoms with Crippen molar-refractivity contribution in [3.8, 4) is 5.75 Å². The molecule has 1 unspecified atom stereocenters. The highest BCUT2D eigenvalue weighted by atomic mass is 35.5. The normalized spacial score (nSPS) is 17.8. The minimum absolute atomic E-state index is 0.115. The van der Waals surface area contributed by atoms with E-state index in [1.165, 1.54) is 24.5 Å². The lowest BCUT2D eigenvalue weighted by Gasteiger charge is -2.33. The number of aromatic amines is 1. The second kappa shape index (κ2) is 6.83. The van der Waals surface area contributed by atoms with E-state index in [9.17, 15) is 9.59 Å². The third kappa shape index (κ3) is 3.71. The molecule has 0 spiro atoms. The lowest BCUT2D eigenvalue weighted by Crippen LogP contribution is -2.44. The Morgan fingerprint density at radius 1 is 1.39 bits per heavy atom. The van der Waals surface area contributed by atoms with Gasteiger partial charge >= 0.3 is 0 Å². The zero-order valence-electron chi connectivity index (χ0n) is 12.4. The summed E-state index contributed by atoms with van der Waals surface area (Å²) in [6.07, 6.45) is 6.18. The Kier molecular flexibility index (Phi) is 4.62. The van der Waals surface area contributed by atoms with Gasteiger partial charge in [0.15, 0.2) is 0 Å². The van der Waals surface area contributed by atoms with Crippen molar-refractivity contribution in [3.05, 3.63) is 57.7 Å². The van der Waals surface area contributed by atoms with E-state index in [0.29, 0.717) is 29.4 Å². The number of amides is 1. The molecule has 1 fully saturated rings. The molecule has 6 nitrogen and oxygen atoms in total. The molecule has 2 aromatic heterocycles. The Hall–Kier alpha value is -2.34. The molecule has 3 heterocycles. The van der Waals surface area contributed by atoms with E-state index in [0.717, 1.165) is 12.8 Å². The van der Waals surface area contributed by atoms with Crippen molar-refractivity contribution in [2.75, 3.05) is 13.1 Å². The second-order valence-electron chi connectivity index (χ2n) is 5.38. The van der Waals surface area contributed by atoms with Crippen molar-refractivity contribution in [1.82, 2.24) is 14.9 Å². The number of H-pyrrole nitrogens is 1. The van der Waals surface area contributed by atoms with E-state index in [-0.39, 0.29) is 17.6 Å². The number of likely N-dealkylation sites (tertiary alicyclic amines) is 1. The average Bonchev–Trinajstić information content (AvgIpc) is 2.57. The minimum atomic E-state index is -0.228. The first-order valence-electron chi connectivity index (χ1n) is 7.37. The smallest absolute Gasteiger partial charge is 0.255 e. The molecule has 0 saturated carbocycles. The second-order valence-corrected chi connectivity index (χ2v) is 5.79. The number of rotatable bonds is 3. The first kappa shape index (κ1) is 15.6. The number of aromatic nitrogens is 2. The van der Waals surface area contributed by atoms with Crippen LogP contribution in [0.15, 0.2) is 41.6 Å². The van der Waals surface area contributed by atoms with Gasteiger partial charge in [0.2, 0.25) is 5.56 Å². The highest BCUT2D eigenvalue weighted by Gasteiger charge is 2.26. The van der Waals surface area contributed by atoms with Gasteiger partial charge in [-0.3, -0.25) is 14.6 Å². The van der Waals surface area contributed by atoms with Crippen LogP contribution in [0.1, 0.15) is 23.2 Å². The van der Waals surface area contributed by atoms with Crippen molar-refractivity contribution < 1.29 is 9.53 Å². The zero-order chi connectivity index (χ0) is 16.2. The van der Waals surface area contributed by atoms with Gasteiger partial charge in [-0.15, -0.1) is 0 Å². The Bertz CT molecular complexity index is 742. The maximum atomic E-state index is 12.5. The van der Waals surface area contributed by atoms with E-state index >= 15 is 0 Å². The molecular weight excluding hydrogens is 318 g/mol. The number of carbonyl (C=O) groups excluding carboxylic acids is 1. The van der Waals surface area contributed by atoms with Gasteiger partial charge in [0.1, 0.15) is 16.9 Å². The summed E-state index contributed by atoms with van der Waals surface area (Å²) in [5.41, 5.74) is 0.237. The van der Waals surface area contributed by atoms with Crippen LogP contribution < -0.4 is 10.3 Å². The molecule has 1 aliphatic rings. The number of ether oxygens (including phenoxy) is 1. The molecule has 3 rings (SSSR count). The van der Waals surface area contributed by atoms with Crippen LogP contribution in [0, 0.1) is 0 Å². The monoisotopic (exact) mass is 333 g/mol. The summed E-state index contributed by atoms with van der Waals surface area (Å²) < 4.78 is 5.90. The molecule has 1 aliphatic heterocycles. The van der Waals surface area contributed by atoms with Crippen molar-refractivity contribution in [1.29, 1.82) is 0 Å². The Balaban J connectivity index is 1.68. The summed E-state index contributed by atoms with van der Waals surface area (Å²) in [6.45, 7) is 1.15. The summed E-state index contributed by atoms with van der Waals surface area (Å²) in [4.78, 5) is 31.8. The topological polar surface area (TPSA) is 75.3 Å². The number of nitrogens with zero attached hydrogens (tertiary/aromatic N) is 2. The highest BCUT2D eigenvalue weighted by molar-refractivity contribution is 6.31. The maximum absolute atomic E-state index is 12.5. The van der Waals surface area contributed by atoms with Gasteiger partial charge in [-0.2, -0.15) is 0 Å². The molecule has 1 atom stereocenters. The maximum Gasteiger partial charge on any atom is 0.255 e. The fourth-order valence-corrected chi connectivity index (χ4v) is 2.75. The molecule has 23 heavy (non-hydrogen) atoms. The first-order chi connectivity index (χ1) is 11.1. The number of hydrogen-bond donors (Lipinski definition) is 1. The SMILES string of the molecule is O=C(c1ccc(=O)[nH]c1)N1CCCC(Oc2ccncc2Cl)C1. The Morgan fingerprint density at radius 2 is 2.26 bits per heavy atom. The number of hydrogen-bond acceptors (Lipinski definition) is 4. The Labute approximate surface area is 138 Å². The van der Waals surface area contributed by atoms with Gasteiger partial charge in [-0.25, -0.2) is 0 Å². The van der Waals surface area contributed by atoms with Gasteiger partial charge in [-0.05, 0) is 18.9 Å². The van der Waals surface area contributed by atoms with E-state index < -0.39 is 0 Å². The predicted molar refractivity (Wildman–Crippen MR) is 85.9 cm³/mol. The van der Waals surface area contributed by atoms with Crippen LogP contribution in [0.2, 0.25) is 5.02 Å². The molecular formula is C16H16ClN3O3. The van der Waals surface area contributed by atoms with Crippen LogP contribution in [-0.2, 0) is 0 Å². The molecule has 0 aromatic carbocycles. The van der Waals surface area contributed by atoms with Crippen molar-refractivity contribution in [3.63, 3.8) is 0 Å². The number of halogens is 1. The fourth-order valence-electron chi connectivity index (χ4n) is 2.58. The number of pyridine rings is 2. The number of nitrogens with one attached hydrogen (secondary N) is 1. The van der Waals surface area contributed by atoms with Crippen molar-refractivity contribution >= 4 is 17.5 Å². The van der Waals surface area contributed by atoms with Crippen LogP contribution in [0.5, 0.6) is 5.75 Å². The molecule has 1 N–H and O–H groups in total. The van der Waals surface area contributed by atoms with Crippen LogP contribution in [0.4, 0.5) is 0 Å². The van der Waals surface area contributed by atoms with Crippen LogP contribution in [0.25, 0.3) is 0 Å². The lowest BCUT2D eigenvalue weighted by molar-refractivity contribution is 0.0537. The fraction of sp³-hybridized carbons (Fsp3) is 0.312. The third-order valence-corrected chi connectivity index (χ3v) is 4.01. The van der Waals surface area contributed by atoms with E-state index in [4.69, 9.17) is 16.3 Å². The molecule has 0 bridgehead atoms. The van der Waals surface area contributed by atoms with Crippen LogP contribution in [-0.4, -0.2) is 40.0 Å². The summed E-state index contributed by atoms with van der Waals surface area (Å²) in [5, 5.41) is 0.455. The predicted octanol–water partition coefficient (Wildman–Crippen LogP) is 2.11. The molecule has 2 aromatic rings. The van der Waals surface area contributed by atoms with E-state index in [1.54, 1.807) is 17.2 Å². The minimum Gasteiger partial charge on any atom is -0.487 e. The molecule has 120 valence electrons. The van der Waals surface area contributed by atoms with Crippen LogP contribution in [0.3, 0.4) is 0 Å². The highest BCUT2D eigenvalue weighted by Crippen LogP contribution is 2.25. The standard InChI is InChI=1S/C16H16ClN3O3/c17-13-9-18-6-5-14(13)23-12-2-1-7-20(10-12)16(22)11-3-4-15(21)19-8-11/h3-6,8-9,12H,1-2,7,10H2,(H,19,21). The molecule has 0 radical (unpaired) electrons. The van der Waals surface area contributed by atoms with E-state index in [1.807, 2.05) is 0 Å². The average molecular weight is 334 g/mol. The molecule has 1 amide bonds. The van der Waals surface area contributed by atoms with Gasteiger partial charge in [0.25, 0.3) is 5.91 Å². The first-order valence-corrected chi connectivity index (χ1v) is 7.75. The van der Waals surface area contributed by atoms with Gasteiger partial charge < -0.3 is 14.6 Å².